The molecule has 6 fully saturated rings. The first kappa shape index (κ1) is 13.9. The van der Waals surface area contributed by atoms with Gasteiger partial charge in [-0.1, -0.05) is 0 Å². The van der Waals surface area contributed by atoms with E-state index in [0.717, 1.165) is 0 Å². The van der Waals surface area contributed by atoms with Crippen LogP contribution in [0.5, 0.6) is 5.75 Å². The summed E-state index contributed by atoms with van der Waals surface area (Å²) < 4.78 is 61.8. The van der Waals surface area contributed by atoms with E-state index in [1.807, 2.05) is 0 Å². The molecule has 3 bridgehead atoms. The molecule has 6 aliphatic heterocycles. The molecule has 1 aromatic carbocycles. The molecule has 6 saturated heterocycles. The third kappa shape index (κ3) is 1.79. The van der Waals surface area contributed by atoms with E-state index < -0.39 is 48.0 Å². The van der Waals surface area contributed by atoms with E-state index in [2.05, 4.69) is 0 Å². The maximum atomic E-state index is 12.7. The molecule has 1 spiro atoms. The van der Waals surface area contributed by atoms with Gasteiger partial charge in [0.25, 0.3) is 0 Å². The van der Waals surface area contributed by atoms with Crippen LogP contribution in [0.25, 0.3) is 0 Å². The summed E-state index contributed by atoms with van der Waals surface area (Å²) in [5, 5.41) is -1.95. The maximum absolute atomic E-state index is 12.7. The predicted octanol–water partition coefficient (Wildman–Crippen LogP) is 2.46. The van der Waals surface area contributed by atoms with Crippen LogP contribution in [-0.4, -0.2) is 30.1 Å². The number of benzene rings is 1. The minimum absolute atomic E-state index is 0.165. The van der Waals surface area contributed by atoms with Crippen LogP contribution in [0.4, 0.5) is 0 Å². The molecule has 3 unspecified atom stereocenters. The van der Waals surface area contributed by atoms with E-state index >= 15 is 0 Å². The molecule has 1 aromatic rings. The van der Waals surface area contributed by atoms with Gasteiger partial charge in [0, 0.05) is 0 Å². The molecule has 7 rings (SSSR count). The van der Waals surface area contributed by atoms with Crippen molar-refractivity contribution in [2.75, 3.05) is 0 Å². The first-order chi connectivity index (χ1) is 9.27. The van der Waals surface area contributed by atoms with Crippen molar-refractivity contribution in [1.29, 1.82) is 0 Å². The summed E-state index contributed by atoms with van der Waals surface area (Å²) in [5.74, 6) is 0.165. The topological polar surface area (TPSA) is 118 Å². The average molecular weight is 447 g/mol. The number of hydrogen-bond donors (Lipinski definition) is 1. The van der Waals surface area contributed by atoms with Crippen LogP contribution in [0.1, 0.15) is 0 Å². The third-order valence-corrected chi connectivity index (χ3v) is 28.5. The average Bonchev–Trinajstić information content (AvgIpc) is 2.23. The SMILES string of the molecule is O=P1(O)[O][Sn]23[O]P(=O)(Oc4ccccc4)C1P(=O)([O]2)[O]3. The summed E-state index contributed by atoms with van der Waals surface area (Å²) in [5.41, 5.74) is 0. The van der Waals surface area contributed by atoms with Crippen LogP contribution < -0.4 is 4.52 Å². The predicted molar refractivity (Wildman–Crippen MR) is 66.0 cm³/mol. The van der Waals surface area contributed by atoms with Crippen molar-refractivity contribution in [3.63, 3.8) is 0 Å². The monoisotopic (exact) mass is 448 g/mol. The van der Waals surface area contributed by atoms with E-state index in [9.17, 15) is 18.6 Å². The second kappa shape index (κ2) is 3.98. The number of rotatable bonds is 2. The van der Waals surface area contributed by atoms with Gasteiger partial charge in [-0.2, -0.15) is 0 Å². The van der Waals surface area contributed by atoms with Gasteiger partial charge in [-0.15, -0.1) is 0 Å². The Hall–Kier alpha value is 0.309. The first-order valence-electron chi connectivity index (χ1n) is 5.37. The Kier molecular flexibility index (Phi) is 2.78. The molecule has 6 heterocycles. The zero-order valence-electron chi connectivity index (χ0n) is 9.52. The molecule has 0 aromatic heterocycles. The Labute approximate surface area is 118 Å². The van der Waals surface area contributed by atoms with Crippen LogP contribution in [-0.2, 0) is 25.1 Å². The normalized spacial score (nSPS) is 52.4. The zero-order chi connectivity index (χ0) is 14.2. The molecule has 0 radical (unpaired) electrons. The molecule has 20 heavy (non-hydrogen) atoms. The third-order valence-electron chi connectivity index (χ3n) is 2.79. The standard InChI is InChI=1S/C7H11O9P3.Sn/c8-17(9,10)7(18(11,12)13)19(14,15)16-6-4-2-1-3-5-6;/h1-5,7H,(H,14,15)(H2,8,9,10)(H2,11,12,13);/q;+4/p-4. The van der Waals surface area contributed by atoms with Gasteiger partial charge < -0.3 is 0 Å². The molecule has 0 aliphatic carbocycles. The Morgan fingerprint density at radius 2 is 1.70 bits per heavy atom. The van der Waals surface area contributed by atoms with Gasteiger partial charge in [0.15, 0.2) is 0 Å². The van der Waals surface area contributed by atoms with Crippen LogP contribution >= 0.6 is 22.8 Å². The molecule has 3 atom stereocenters. The Morgan fingerprint density at radius 3 is 2.25 bits per heavy atom. The summed E-state index contributed by atoms with van der Waals surface area (Å²) in [6.07, 6.45) is 0. The number of hydrogen-bond acceptors (Lipinski definition) is 8. The summed E-state index contributed by atoms with van der Waals surface area (Å²) in [7, 11) is -12.5. The fourth-order valence-corrected chi connectivity index (χ4v) is 35.8. The van der Waals surface area contributed by atoms with Gasteiger partial charge in [0.1, 0.15) is 0 Å². The van der Waals surface area contributed by atoms with Crippen molar-refractivity contribution in [2.24, 2.45) is 0 Å². The fraction of sp³-hybridized carbons (Fsp3) is 0.143. The van der Waals surface area contributed by atoms with Crippen molar-refractivity contribution in [2.45, 2.75) is 5.14 Å². The second-order valence-electron chi connectivity index (χ2n) is 4.26. The van der Waals surface area contributed by atoms with E-state index in [1.165, 1.54) is 12.1 Å². The minimum atomic E-state index is -4.88. The van der Waals surface area contributed by atoms with Crippen LogP contribution in [0.2, 0.25) is 0 Å². The Bertz CT molecular complexity index is 716. The quantitative estimate of drug-likeness (QED) is 0.539. The van der Waals surface area contributed by atoms with E-state index in [0.29, 0.717) is 0 Å². The van der Waals surface area contributed by atoms with Crippen molar-refractivity contribution in [3.05, 3.63) is 30.3 Å². The van der Waals surface area contributed by atoms with Crippen molar-refractivity contribution in [3.8, 4) is 5.75 Å². The second-order valence-corrected chi connectivity index (χ2v) is 20.3. The van der Waals surface area contributed by atoms with Gasteiger partial charge in [0.05, 0.1) is 0 Å². The van der Waals surface area contributed by atoms with Crippen LogP contribution in [0.15, 0.2) is 30.3 Å². The summed E-state index contributed by atoms with van der Waals surface area (Å²) in [6, 6.07) is 7.93. The summed E-state index contributed by atoms with van der Waals surface area (Å²) >= 11 is -4.88. The summed E-state index contributed by atoms with van der Waals surface area (Å²) in [6.45, 7) is 0. The first-order valence-corrected chi connectivity index (χ1v) is 14.9. The molecule has 13 heteroatoms. The molecular weight excluding hydrogens is 440 g/mol. The van der Waals surface area contributed by atoms with E-state index in [-0.39, 0.29) is 5.75 Å². The van der Waals surface area contributed by atoms with Gasteiger partial charge in [-0.3, -0.25) is 0 Å². The number of para-hydroxylation sites is 1. The van der Waals surface area contributed by atoms with E-state index in [4.69, 9.17) is 16.0 Å². The Balaban J connectivity index is 1.79. The fourth-order valence-electron chi connectivity index (χ4n) is 2.13. The molecular formula is C7H7O9P3Sn. The van der Waals surface area contributed by atoms with Crippen LogP contribution in [0.3, 0.4) is 0 Å². The zero-order valence-corrected chi connectivity index (χ0v) is 15.1. The van der Waals surface area contributed by atoms with Crippen molar-refractivity contribution in [1.82, 2.24) is 0 Å². The molecule has 9 nitrogen and oxygen atoms in total. The van der Waals surface area contributed by atoms with Crippen molar-refractivity contribution < 1.29 is 34.6 Å². The van der Waals surface area contributed by atoms with Gasteiger partial charge in [-0.05, 0) is 0 Å². The van der Waals surface area contributed by atoms with Gasteiger partial charge in [0.2, 0.25) is 0 Å². The Morgan fingerprint density at radius 1 is 1.05 bits per heavy atom. The van der Waals surface area contributed by atoms with Gasteiger partial charge >= 0.3 is 119 Å². The molecule has 108 valence electrons. The summed E-state index contributed by atoms with van der Waals surface area (Å²) in [4.78, 5) is 9.76. The van der Waals surface area contributed by atoms with Gasteiger partial charge in [-0.25, -0.2) is 0 Å². The molecule has 0 saturated carbocycles. The molecule has 1 N–H and O–H groups in total. The van der Waals surface area contributed by atoms with Crippen LogP contribution in [0, 0.1) is 0 Å². The molecule has 0 amide bonds. The van der Waals surface area contributed by atoms with Crippen molar-refractivity contribution >= 4 is 42.8 Å². The van der Waals surface area contributed by atoms with E-state index in [1.54, 1.807) is 18.2 Å². The molecule has 6 aliphatic rings.